The standard InChI is InChI=1S/C16H24N2O3/c1-10-13(11(2)17-14(10)16(20)21)15(19)18(3)12-8-6-4-5-7-9-12/h12,17H,4-9H2,1-3H3,(H,20,21). The monoisotopic (exact) mass is 292 g/mol. The number of carboxylic acid groups (broad SMARTS) is 1. The second kappa shape index (κ2) is 6.33. The van der Waals surface area contributed by atoms with Gasteiger partial charge in [0.25, 0.3) is 5.91 Å². The molecule has 1 heterocycles. The fraction of sp³-hybridized carbons (Fsp3) is 0.625. The zero-order valence-electron chi connectivity index (χ0n) is 13.0. The molecule has 21 heavy (non-hydrogen) atoms. The molecule has 1 fully saturated rings. The molecule has 1 saturated carbocycles. The third-order valence-corrected chi connectivity index (χ3v) is 4.56. The Hall–Kier alpha value is -1.78. The maximum Gasteiger partial charge on any atom is 0.352 e. The van der Waals surface area contributed by atoms with Gasteiger partial charge in [0.05, 0.1) is 5.56 Å². The molecule has 5 heteroatoms. The van der Waals surface area contributed by atoms with Crippen molar-refractivity contribution in [2.45, 2.75) is 58.4 Å². The van der Waals surface area contributed by atoms with Crippen molar-refractivity contribution in [1.82, 2.24) is 9.88 Å². The van der Waals surface area contributed by atoms with Gasteiger partial charge in [-0.2, -0.15) is 0 Å². The van der Waals surface area contributed by atoms with Crippen LogP contribution in [-0.2, 0) is 0 Å². The van der Waals surface area contributed by atoms with Gasteiger partial charge in [-0.25, -0.2) is 4.79 Å². The van der Waals surface area contributed by atoms with Gasteiger partial charge >= 0.3 is 5.97 Å². The number of aryl methyl sites for hydroxylation is 1. The highest BCUT2D eigenvalue weighted by atomic mass is 16.4. The van der Waals surface area contributed by atoms with E-state index in [9.17, 15) is 9.59 Å². The summed E-state index contributed by atoms with van der Waals surface area (Å²) in [5.74, 6) is -1.09. The largest absolute Gasteiger partial charge is 0.477 e. The Kier molecular flexibility index (Phi) is 4.70. The normalized spacial score (nSPS) is 16.5. The van der Waals surface area contributed by atoms with Crippen LogP contribution in [0.2, 0.25) is 0 Å². The minimum Gasteiger partial charge on any atom is -0.477 e. The molecule has 2 N–H and O–H groups in total. The number of carboxylic acids is 1. The number of carbonyl (C=O) groups is 2. The molecule has 0 aliphatic heterocycles. The molecule has 1 amide bonds. The number of aromatic carboxylic acids is 1. The molecule has 2 rings (SSSR count). The first kappa shape index (κ1) is 15.6. The Labute approximate surface area is 125 Å². The number of aromatic amines is 1. The Morgan fingerprint density at radius 1 is 1.14 bits per heavy atom. The number of rotatable bonds is 3. The lowest BCUT2D eigenvalue weighted by molar-refractivity contribution is 0.0690. The Bertz CT molecular complexity index is 540. The van der Waals surface area contributed by atoms with E-state index in [2.05, 4.69) is 4.98 Å². The highest BCUT2D eigenvalue weighted by Gasteiger charge is 2.27. The van der Waals surface area contributed by atoms with Crippen molar-refractivity contribution in [3.8, 4) is 0 Å². The Morgan fingerprint density at radius 2 is 1.71 bits per heavy atom. The predicted octanol–water partition coefficient (Wildman–Crippen LogP) is 3.12. The van der Waals surface area contributed by atoms with Gasteiger partial charge in [0.15, 0.2) is 0 Å². The molecular formula is C16H24N2O3. The van der Waals surface area contributed by atoms with E-state index < -0.39 is 5.97 Å². The highest BCUT2D eigenvalue weighted by Crippen LogP contribution is 2.25. The average Bonchev–Trinajstić information content (AvgIpc) is 2.64. The van der Waals surface area contributed by atoms with Crippen LogP contribution in [0.25, 0.3) is 0 Å². The van der Waals surface area contributed by atoms with E-state index in [1.165, 1.54) is 12.8 Å². The lowest BCUT2D eigenvalue weighted by Crippen LogP contribution is -2.37. The number of hydrogen-bond acceptors (Lipinski definition) is 2. The zero-order chi connectivity index (χ0) is 15.6. The maximum atomic E-state index is 12.7. The number of nitrogens with one attached hydrogen (secondary N) is 1. The Morgan fingerprint density at radius 3 is 2.19 bits per heavy atom. The van der Waals surface area contributed by atoms with Gasteiger partial charge in [-0.15, -0.1) is 0 Å². The van der Waals surface area contributed by atoms with Crippen molar-refractivity contribution in [3.05, 3.63) is 22.5 Å². The molecule has 0 saturated heterocycles. The minimum atomic E-state index is -1.02. The van der Waals surface area contributed by atoms with Crippen LogP contribution in [0, 0.1) is 13.8 Å². The molecule has 1 aliphatic rings. The van der Waals surface area contributed by atoms with Gasteiger partial charge in [0, 0.05) is 18.8 Å². The topological polar surface area (TPSA) is 73.4 Å². The summed E-state index contributed by atoms with van der Waals surface area (Å²) in [6.07, 6.45) is 6.88. The van der Waals surface area contributed by atoms with Crippen molar-refractivity contribution in [2.75, 3.05) is 7.05 Å². The minimum absolute atomic E-state index is 0.0688. The van der Waals surface area contributed by atoms with E-state index in [1.807, 2.05) is 7.05 Å². The number of hydrogen-bond donors (Lipinski definition) is 2. The molecular weight excluding hydrogens is 268 g/mol. The lowest BCUT2D eigenvalue weighted by Gasteiger charge is -2.27. The van der Waals surface area contributed by atoms with Crippen molar-refractivity contribution in [1.29, 1.82) is 0 Å². The molecule has 1 aromatic heterocycles. The van der Waals surface area contributed by atoms with Gasteiger partial charge in [0.2, 0.25) is 0 Å². The van der Waals surface area contributed by atoms with Crippen LogP contribution in [0.15, 0.2) is 0 Å². The van der Waals surface area contributed by atoms with Crippen molar-refractivity contribution in [3.63, 3.8) is 0 Å². The summed E-state index contributed by atoms with van der Waals surface area (Å²) < 4.78 is 0. The first-order chi connectivity index (χ1) is 9.93. The molecule has 5 nitrogen and oxygen atoms in total. The van der Waals surface area contributed by atoms with E-state index >= 15 is 0 Å². The van der Waals surface area contributed by atoms with Gasteiger partial charge in [-0.05, 0) is 32.3 Å². The molecule has 0 spiro atoms. The van der Waals surface area contributed by atoms with E-state index in [0.29, 0.717) is 16.8 Å². The third-order valence-electron chi connectivity index (χ3n) is 4.56. The summed E-state index contributed by atoms with van der Waals surface area (Å²) in [7, 11) is 1.84. The lowest BCUT2D eigenvalue weighted by atomic mass is 10.0. The van der Waals surface area contributed by atoms with Crippen LogP contribution >= 0.6 is 0 Å². The fourth-order valence-electron chi connectivity index (χ4n) is 3.27. The molecule has 0 unspecified atom stereocenters. The van der Waals surface area contributed by atoms with Crippen molar-refractivity contribution < 1.29 is 14.7 Å². The molecule has 0 atom stereocenters. The maximum absolute atomic E-state index is 12.7. The van der Waals surface area contributed by atoms with Gasteiger partial charge in [-0.1, -0.05) is 25.7 Å². The summed E-state index contributed by atoms with van der Waals surface area (Å²) in [5.41, 5.74) is 1.80. The zero-order valence-corrected chi connectivity index (χ0v) is 13.0. The van der Waals surface area contributed by atoms with E-state index in [-0.39, 0.29) is 17.6 Å². The van der Waals surface area contributed by atoms with Crippen LogP contribution < -0.4 is 0 Å². The van der Waals surface area contributed by atoms with Crippen LogP contribution in [0.1, 0.15) is 70.6 Å². The molecule has 116 valence electrons. The number of aromatic nitrogens is 1. The number of nitrogens with zero attached hydrogens (tertiary/aromatic N) is 1. The number of H-pyrrole nitrogens is 1. The highest BCUT2D eigenvalue weighted by molar-refractivity contribution is 6.00. The second-order valence-corrected chi connectivity index (χ2v) is 5.99. The SMILES string of the molecule is Cc1[nH]c(C(=O)O)c(C)c1C(=O)N(C)C1CCCCCC1. The second-order valence-electron chi connectivity index (χ2n) is 5.99. The van der Waals surface area contributed by atoms with Crippen molar-refractivity contribution >= 4 is 11.9 Å². The van der Waals surface area contributed by atoms with E-state index in [1.54, 1.807) is 18.7 Å². The molecule has 0 aromatic carbocycles. The molecule has 0 radical (unpaired) electrons. The van der Waals surface area contributed by atoms with Gasteiger partial charge in [0.1, 0.15) is 5.69 Å². The molecule has 1 aromatic rings. The first-order valence-corrected chi connectivity index (χ1v) is 7.63. The summed E-state index contributed by atoms with van der Waals surface area (Å²) in [4.78, 5) is 28.5. The van der Waals surface area contributed by atoms with Crippen LogP contribution in [0.4, 0.5) is 0 Å². The molecule has 0 bridgehead atoms. The summed E-state index contributed by atoms with van der Waals surface area (Å²) in [5, 5.41) is 9.15. The Balaban J connectivity index is 2.24. The summed E-state index contributed by atoms with van der Waals surface area (Å²) in [6.45, 7) is 3.45. The smallest absolute Gasteiger partial charge is 0.352 e. The van der Waals surface area contributed by atoms with Crippen molar-refractivity contribution in [2.24, 2.45) is 0 Å². The van der Waals surface area contributed by atoms with Crippen LogP contribution in [-0.4, -0.2) is 40.0 Å². The van der Waals surface area contributed by atoms with Gasteiger partial charge in [-0.3, -0.25) is 4.79 Å². The quantitative estimate of drug-likeness (QED) is 0.841. The first-order valence-electron chi connectivity index (χ1n) is 7.63. The summed E-state index contributed by atoms with van der Waals surface area (Å²) >= 11 is 0. The number of amides is 1. The third kappa shape index (κ3) is 3.12. The summed E-state index contributed by atoms with van der Waals surface area (Å²) in [6, 6.07) is 0.266. The van der Waals surface area contributed by atoms with E-state index in [0.717, 1.165) is 25.7 Å². The van der Waals surface area contributed by atoms with Crippen LogP contribution in [0.5, 0.6) is 0 Å². The fourth-order valence-corrected chi connectivity index (χ4v) is 3.27. The van der Waals surface area contributed by atoms with Crippen LogP contribution in [0.3, 0.4) is 0 Å². The number of carbonyl (C=O) groups excluding carboxylic acids is 1. The molecule has 1 aliphatic carbocycles. The van der Waals surface area contributed by atoms with E-state index in [4.69, 9.17) is 5.11 Å². The predicted molar refractivity (Wildman–Crippen MR) is 80.8 cm³/mol. The average molecular weight is 292 g/mol. The van der Waals surface area contributed by atoms with Gasteiger partial charge < -0.3 is 15.0 Å².